The molecule has 0 fully saturated rings. The summed E-state index contributed by atoms with van der Waals surface area (Å²) in [5.74, 6) is 0. The number of aliphatic hydroxyl groups excluding tert-OH is 5. The van der Waals surface area contributed by atoms with E-state index in [1.165, 1.54) is 0 Å². The molecule has 3 unspecified atom stereocenters. The molecule has 3 atom stereocenters. The zero-order valence-corrected chi connectivity index (χ0v) is 9.33. The van der Waals surface area contributed by atoms with Gasteiger partial charge < -0.3 is 30.3 Å². The molecule has 0 heterocycles. The van der Waals surface area contributed by atoms with Crippen molar-refractivity contribution in [3.63, 3.8) is 0 Å². The summed E-state index contributed by atoms with van der Waals surface area (Å²) in [6.45, 7) is -0.548. The van der Waals surface area contributed by atoms with Crippen LogP contribution in [-0.4, -0.2) is 70.3 Å². The van der Waals surface area contributed by atoms with Gasteiger partial charge in [-0.1, -0.05) is 0 Å². The summed E-state index contributed by atoms with van der Waals surface area (Å²) in [4.78, 5) is 0. The Kier molecular flexibility index (Phi) is 9.80. The predicted molar refractivity (Wildman–Crippen MR) is 56.9 cm³/mol. The molecule has 0 rings (SSSR count). The lowest BCUT2D eigenvalue weighted by Gasteiger charge is -2.13. The van der Waals surface area contributed by atoms with E-state index in [2.05, 4.69) is 0 Å². The maximum Gasteiger partial charge on any atom is 0.100 e. The molecule has 0 saturated heterocycles. The van der Waals surface area contributed by atoms with Crippen molar-refractivity contribution in [1.29, 1.82) is 0 Å². The van der Waals surface area contributed by atoms with Crippen LogP contribution in [0, 0.1) is 0 Å². The van der Waals surface area contributed by atoms with Crippen LogP contribution in [0.25, 0.3) is 0 Å². The molecule has 0 aliphatic heterocycles. The van der Waals surface area contributed by atoms with Crippen molar-refractivity contribution >= 4 is 0 Å². The summed E-state index contributed by atoms with van der Waals surface area (Å²) in [6.07, 6.45) is -0.807. The van der Waals surface area contributed by atoms with Crippen molar-refractivity contribution < 1.29 is 30.3 Å². The van der Waals surface area contributed by atoms with Crippen LogP contribution in [-0.2, 0) is 4.74 Å². The van der Waals surface area contributed by atoms with Gasteiger partial charge in [-0.3, -0.25) is 0 Å². The Balaban J connectivity index is 3.34. The molecule has 5 N–H and O–H groups in total. The highest BCUT2D eigenvalue weighted by molar-refractivity contribution is 4.59. The van der Waals surface area contributed by atoms with E-state index in [1.54, 1.807) is 0 Å². The maximum absolute atomic E-state index is 9.41. The monoisotopic (exact) mass is 238 g/mol. The van der Waals surface area contributed by atoms with E-state index in [0.717, 1.165) is 0 Å². The first-order chi connectivity index (χ1) is 7.60. The van der Waals surface area contributed by atoms with E-state index in [0.29, 0.717) is 19.3 Å². The summed E-state index contributed by atoms with van der Waals surface area (Å²) in [5, 5.41) is 44.4. The smallest absolute Gasteiger partial charge is 0.100 e. The summed E-state index contributed by atoms with van der Waals surface area (Å²) in [6, 6.07) is 0. The Morgan fingerprint density at radius 3 is 1.81 bits per heavy atom. The molecule has 0 amide bonds. The van der Waals surface area contributed by atoms with Crippen LogP contribution >= 0.6 is 0 Å². The Labute approximate surface area is 95.1 Å². The van der Waals surface area contributed by atoms with Gasteiger partial charge in [0.1, 0.15) is 6.10 Å². The van der Waals surface area contributed by atoms with Crippen LogP contribution < -0.4 is 0 Å². The van der Waals surface area contributed by atoms with Gasteiger partial charge in [0.05, 0.1) is 38.6 Å². The first-order valence-electron chi connectivity index (χ1n) is 5.43. The van der Waals surface area contributed by atoms with Crippen LogP contribution in [0.5, 0.6) is 0 Å². The van der Waals surface area contributed by atoms with E-state index >= 15 is 0 Å². The Hall–Kier alpha value is -0.240. The zero-order chi connectivity index (χ0) is 12.4. The molecular formula is C10H22O6. The Morgan fingerprint density at radius 2 is 1.25 bits per heavy atom. The van der Waals surface area contributed by atoms with Crippen LogP contribution in [0.3, 0.4) is 0 Å². The molecular weight excluding hydrogens is 216 g/mol. The van der Waals surface area contributed by atoms with Gasteiger partial charge in [-0.2, -0.15) is 0 Å². The van der Waals surface area contributed by atoms with Gasteiger partial charge >= 0.3 is 0 Å². The highest BCUT2D eigenvalue weighted by Crippen LogP contribution is 2.04. The number of rotatable bonds is 10. The molecule has 98 valence electrons. The van der Waals surface area contributed by atoms with E-state index < -0.39 is 18.3 Å². The van der Waals surface area contributed by atoms with Gasteiger partial charge in [-0.15, -0.1) is 0 Å². The van der Waals surface area contributed by atoms with Crippen LogP contribution in [0.1, 0.15) is 19.3 Å². The third-order valence-electron chi connectivity index (χ3n) is 2.12. The fourth-order valence-electron chi connectivity index (χ4n) is 1.16. The van der Waals surface area contributed by atoms with E-state index in [-0.39, 0.29) is 26.4 Å². The first-order valence-corrected chi connectivity index (χ1v) is 5.43. The molecule has 0 aromatic carbocycles. The van der Waals surface area contributed by atoms with Gasteiger partial charge in [0.25, 0.3) is 0 Å². The number of ether oxygens (including phenoxy) is 1. The van der Waals surface area contributed by atoms with Crippen molar-refractivity contribution in [1.82, 2.24) is 0 Å². The van der Waals surface area contributed by atoms with Crippen molar-refractivity contribution in [3.05, 3.63) is 0 Å². The standard InChI is InChI=1S/C10H22O6/c11-4-8(13)2-1-3-9(14)6-16-7-10(15)5-12/h8-15H,1-7H2. The molecule has 0 aromatic heterocycles. The van der Waals surface area contributed by atoms with E-state index in [9.17, 15) is 5.11 Å². The lowest BCUT2D eigenvalue weighted by molar-refractivity contribution is -0.0270. The van der Waals surface area contributed by atoms with Gasteiger partial charge in [-0.25, -0.2) is 0 Å². The Morgan fingerprint density at radius 1 is 0.750 bits per heavy atom. The molecule has 6 nitrogen and oxygen atoms in total. The number of hydrogen-bond donors (Lipinski definition) is 5. The first kappa shape index (κ1) is 15.8. The minimum atomic E-state index is -0.914. The summed E-state index contributed by atoms with van der Waals surface area (Å²) >= 11 is 0. The van der Waals surface area contributed by atoms with E-state index in [4.69, 9.17) is 25.2 Å². The lowest BCUT2D eigenvalue weighted by Crippen LogP contribution is -2.24. The molecule has 0 aromatic rings. The van der Waals surface area contributed by atoms with Crippen LogP contribution in [0.2, 0.25) is 0 Å². The molecule has 0 bridgehead atoms. The van der Waals surface area contributed by atoms with Gasteiger partial charge in [0.2, 0.25) is 0 Å². The summed E-state index contributed by atoms with van der Waals surface area (Å²) in [5.41, 5.74) is 0. The van der Waals surface area contributed by atoms with Crippen molar-refractivity contribution in [3.8, 4) is 0 Å². The van der Waals surface area contributed by atoms with E-state index in [1.807, 2.05) is 0 Å². The largest absolute Gasteiger partial charge is 0.394 e. The van der Waals surface area contributed by atoms with Crippen molar-refractivity contribution in [2.45, 2.75) is 37.6 Å². The third-order valence-corrected chi connectivity index (χ3v) is 2.12. The lowest BCUT2D eigenvalue weighted by atomic mass is 10.1. The normalized spacial score (nSPS) is 17.1. The molecule has 0 radical (unpaired) electrons. The fraction of sp³-hybridized carbons (Fsp3) is 1.00. The average Bonchev–Trinajstić information content (AvgIpc) is 2.28. The second-order valence-corrected chi connectivity index (χ2v) is 3.79. The van der Waals surface area contributed by atoms with Gasteiger partial charge in [0, 0.05) is 0 Å². The second kappa shape index (κ2) is 9.95. The third kappa shape index (κ3) is 9.02. The zero-order valence-electron chi connectivity index (χ0n) is 9.33. The maximum atomic E-state index is 9.41. The number of aliphatic hydroxyl groups is 5. The molecule has 0 spiro atoms. The fourth-order valence-corrected chi connectivity index (χ4v) is 1.16. The van der Waals surface area contributed by atoms with Crippen LogP contribution in [0.15, 0.2) is 0 Å². The quantitative estimate of drug-likeness (QED) is 0.308. The molecule has 6 heteroatoms. The minimum Gasteiger partial charge on any atom is -0.394 e. The summed E-state index contributed by atoms with van der Waals surface area (Å²) < 4.78 is 4.96. The predicted octanol–water partition coefficient (Wildman–Crippen LogP) is -1.76. The SMILES string of the molecule is OCC(O)CCCC(O)COCC(O)CO. The Bertz CT molecular complexity index is 138. The minimum absolute atomic E-state index is 0.00712. The van der Waals surface area contributed by atoms with Crippen LogP contribution in [0.4, 0.5) is 0 Å². The van der Waals surface area contributed by atoms with Gasteiger partial charge in [0.15, 0.2) is 0 Å². The van der Waals surface area contributed by atoms with Crippen molar-refractivity contribution in [2.75, 3.05) is 26.4 Å². The second-order valence-electron chi connectivity index (χ2n) is 3.79. The molecule has 0 aliphatic rings. The molecule has 0 aliphatic carbocycles. The summed E-state index contributed by atoms with van der Waals surface area (Å²) in [7, 11) is 0. The van der Waals surface area contributed by atoms with Gasteiger partial charge in [-0.05, 0) is 19.3 Å². The molecule has 16 heavy (non-hydrogen) atoms. The average molecular weight is 238 g/mol. The molecule has 0 saturated carbocycles. The highest BCUT2D eigenvalue weighted by atomic mass is 16.5. The highest BCUT2D eigenvalue weighted by Gasteiger charge is 2.08. The topological polar surface area (TPSA) is 110 Å². The number of hydrogen-bond acceptors (Lipinski definition) is 6. The van der Waals surface area contributed by atoms with Crippen molar-refractivity contribution in [2.24, 2.45) is 0 Å².